The summed E-state index contributed by atoms with van der Waals surface area (Å²) in [5.74, 6) is -0.835. The van der Waals surface area contributed by atoms with Crippen LogP contribution in [0.1, 0.15) is 42.5 Å². The van der Waals surface area contributed by atoms with Gasteiger partial charge >= 0.3 is 0 Å². The fourth-order valence-corrected chi connectivity index (χ4v) is 3.29. The summed E-state index contributed by atoms with van der Waals surface area (Å²) in [6.07, 6.45) is 5.32. The SMILES string of the molecule is O=C(CCCCCCNC(=O)c1cn(-c2ccc(F)cc2)c2ccccc12)NO. The Bertz CT molecular complexity index is 983. The van der Waals surface area contributed by atoms with Crippen molar-refractivity contribution in [2.24, 2.45) is 0 Å². The van der Waals surface area contributed by atoms with Gasteiger partial charge in [-0.15, -0.1) is 0 Å². The van der Waals surface area contributed by atoms with E-state index in [0.29, 0.717) is 24.9 Å². The number of amides is 2. The number of hydroxylamine groups is 1. The Morgan fingerprint density at radius 2 is 1.69 bits per heavy atom. The minimum atomic E-state index is -0.379. The molecule has 0 unspecified atom stereocenters. The Morgan fingerprint density at radius 3 is 2.45 bits per heavy atom. The van der Waals surface area contributed by atoms with E-state index in [0.717, 1.165) is 35.9 Å². The zero-order chi connectivity index (χ0) is 20.6. The van der Waals surface area contributed by atoms with Gasteiger partial charge in [-0.3, -0.25) is 14.8 Å². The number of halogens is 1. The summed E-state index contributed by atoms with van der Waals surface area (Å²) in [6, 6.07) is 13.8. The molecule has 1 aromatic heterocycles. The van der Waals surface area contributed by atoms with Crippen LogP contribution >= 0.6 is 0 Å². The number of benzene rings is 2. The van der Waals surface area contributed by atoms with Gasteiger partial charge in [-0.05, 0) is 43.2 Å². The monoisotopic (exact) mass is 397 g/mol. The maximum atomic E-state index is 13.3. The van der Waals surface area contributed by atoms with Crippen LogP contribution in [0, 0.1) is 5.82 Å². The van der Waals surface area contributed by atoms with Crippen molar-refractivity contribution in [2.75, 3.05) is 6.54 Å². The van der Waals surface area contributed by atoms with Crippen LogP contribution in [0.25, 0.3) is 16.6 Å². The third-order valence-corrected chi connectivity index (χ3v) is 4.80. The topological polar surface area (TPSA) is 83.4 Å². The molecule has 7 heteroatoms. The van der Waals surface area contributed by atoms with Gasteiger partial charge in [0.25, 0.3) is 5.91 Å². The summed E-state index contributed by atoms with van der Waals surface area (Å²) in [6.45, 7) is 0.543. The first-order valence-corrected chi connectivity index (χ1v) is 9.67. The van der Waals surface area contributed by atoms with Gasteiger partial charge in [0.1, 0.15) is 5.82 Å². The normalized spacial score (nSPS) is 10.8. The molecular weight excluding hydrogens is 373 g/mol. The number of aromatic nitrogens is 1. The summed E-state index contributed by atoms with van der Waals surface area (Å²) in [5, 5.41) is 12.2. The zero-order valence-electron chi connectivity index (χ0n) is 16.0. The van der Waals surface area contributed by atoms with Gasteiger partial charge in [0.2, 0.25) is 5.91 Å². The van der Waals surface area contributed by atoms with E-state index in [2.05, 4.69) is 5.32 Å². The van der Waals surface area contributed by atoms with Crippen molar-refractivity contribution in [1.29, 1.82) is 0 Å². The van der Waals surface area contributed by atoms with Gasteiger partial charge in [0.15, 0.2) is 0 Å². The van der Waals surface area contributed by atoms with Crippen LogP contribution < -0.4 is 10.8 Å². The fourth-order valence-electron chi connectivity index (χ4n) is 3.29. The number of carbonyl (C=O) groups excluding carboxylic acids is 2. The highest BCUT2D eigenvalue weighted by atomic mass is 19.1. The lowest BCUT2D eigenvalue weighted by Crippen LogP contribution is -2.24. The average molecular weight is 397 g/mol. The smallest absolute Gasteiger partial charge is 0.253 e. The minimum absolute atomic E-state index is 0.151. The highest BCUT2D eigenvalue weighted by molar-refractivity contribution is 6.07. The molecule has 0 fully saturated rings. The van der Waals surface area contributed by atoms with Gasteiger partial charge in [0.05, 0.1) is 11.1 Å². The minimum Gasteiger partial charge on any atom is -0.352 e. The molecule has 0 aliphatic carbocycles. The molecule has 2 aromatic carbocycles. The number of carbonyl (C=O) groups is 2. The number of hydrogen-bond acceptors (Lipinski definition) is 3. The number of para-hydroxylation sites is 1. The number of rotatable bonds is 9. The zero-order valence-corrected chi connectivity index (χ0v) is 16.0. The predicted molar refractivity (Wildman–Crippen MR) is 109 cm³/mol. The van der Waals surface area contributed by atoms with Crippen LogP contribution in [0.4, 0.5) is 4.39 Å². The number of fused-ring (bicyclic) bond motifs is 1. The molecular formula is C22H24FN3O3. The van der Waals surface area contributed by atoms with E-state index < -0.39 is 0 Å². The van der Waals surface area contributed by atoms with Crippen molar-refractivity contribution in [1.82, 2.24) is 15.4 Å². The van der Waals surface area contributed by atoms with Gasteiger partial charge < -0.3 is 9.88 Å². The number of nitrogens with one attached hydrogen (secondary N) is 2. The Balaban J connectivity index is 1.61. The quantitative estimate of drug-likeness (QED) is 0.290. The molecule has 0 aliphatic heterocycles. The van der Waals surface area contributed by atoms with Crippen molar-refractivity contribution in [3.05, 3.63) is 66.1 Å². The van der Waals surface area contributed by atoms with Crippen molar-refractivity contribution in [3.63, 3.8) is 0 Å². The summed E-state index contributed by atoms with van der Waals surface area (Å²) in [7, 11) is 0. The standard InChI is InChI=1S/C22H24FN3O3/c23-16-10-12-17(13-11-16)26-15-19(18-7-4-5-8-20(18)26)22(28)24-14-6-2-1-3-9-21(27)25-29/h4-5,7-8,10-13,15,29H,1-3,6,9,14H2,(H,24,28)(H,25,27). The number of hydrogen-bond donors (Lipinski definition) is 3. The second-order valence-corrected chi connectivity index (χ2v) is 6.86. The molecule has 3 N–H and O–H groups in total. The third-order valence-electron chi connectivity index (χ3n) is 4.80. The predicted octanol–water partition coefficient (Wildman–Crippen LogP) is 3.96. The third kappa shape index (κ3) is 5.20. The highest BCUT2D eigenvalue weighted by Crippen LogP contribution is 2.25. The van der Waals surface area contributed by atoms with Crippen LogP contribution in [0.5, 0.6) is 0 Å². The van der Waals surface area contributed by atoms with Crippen LogP contribution in [-0.2, 0) is 4.79 Å². The molecule has 0 saturated carbocycles. The van der Waals surface area contributed by atoms with Crippen molar-refractivity contribution in [2.45, 2.75) is 32.1 Å². The van der Waals surface area contributed by atoms with Crippen LogP contribution in [0.2, 0.25) is 0 Å². The highest BCUT2D eigenvalue weighted by Gasteiger charge is 2.15. The molecule has 1 heterocycles. The van der Waals surface area contributed by atoms with Gasteiger partial charge in [-0.1, -0.05) is 31.0 Å². The summed E-state index contributed by atoms with van der Waals surface area (Å²) >= 11 is 0. The molecule has 0 spiro atoms. The summed E-state index contributed by atoms with van der Waals surface area (Å²) in [4.78, 5) is 23.6. The van der Waals surface area contributed by atoms with E-state index in [9.17, 15) is 14.0 Å². The fraction of sp³-hybridized carbons (Fsp3) is 0.273. The Morgan fingerprint density at radius 1 is 0.966 bits per heavy atom. The first-order valence-electron chi connectivity index (χ1n) is 9.67. The molecule has 29 heavy (non-hydrogen) atoms. The molecule has 3 aromatic rings. The largest absolute Gasteiger partial charge is 0.352 e. The van der Waals surface area contributed by atoms with Crippen molar-refractivity contribution >= 4 is 22.7 Å². The summed E-state index contributed by atoms with van der Waals surface area (Å²) in [5.41, 5.74) is 3.86. The second-order valence-electron chi connectivity index (χ2n) is 6.86. The molecule has 0 atom stereocenters. The maximum Gasteiger partial charge on any atom is 0.253 e. The molecule has 3 rings (SSSR count). The first-order chi connectivity index (χ1) is 14.1. The maximum absolute atomic E-state index is 13.3. The van der Waals surface area contributed by atoms with Crippen LogP contribution in [-0.4, -0.2) is 28.1 Å². The Kier molecular flexibility index (Phi) is 6.97. The van der Waals surface area contributed by atoms with Crippen molar-refractivity contribution < 1.29 is 19.2 Å². The van der Waals surface area contributed by atoms with Crippen molar-refractivity contribution in [3.8, 4) is 5.69 Å². The van der Waals surface area contributed by atoms with Crippen LogP contribution in [0.15, 0.2) is 54.7 Å². The van der Waals surface area contributed by atoms with Gasteiger partial charge in [0, 0.05) is 30.2 Å². The van der Waals surface area contributed by atoms with E-state index in [1.165, 1.54) is 12.1 Å². The van der Waals surface area contributed by atoms with Gasteiger partial charge in [-0.2, -0.15) is 0 Å². The molecule has 0 saturated heterocycles. The van der Waals surface area contributed by atoms with E-state index in [4.69, 9.17) is 5.21 Å². The van der Waals surface area contributed by atoms with E-state index in [1.54, 1.807) is 23.8 Å². The first kappa shape index (κ1) is 20.5. The second kappa shape index (κ2) is 9.84. The molecule has 2 amide bonds. The summed E-state index contributed by atoms with van der Waals surface area (Å²) < 4.78 is 15.1. The Hall–Kier alpha value is -3.19. The molecule has 152 valence electrons. The number of nitrogens with zero attached hydrogens (tertiary/aromatic N) is 1. The Labute approximate surface area is 168 Å². The van der Waals surface area contributed by atoms with Crippen LogP contribution in [0.3, 0.4) is 0 Å². The van der Waals surface area contributed by atoms with E-state index in [1.807, 2.05) is 28.8 Å². The average Bonchev–Trinajstić information content (AvgIpc) is 3.13. The lowest BCUT2D eigenvalue weighted by atomic mass is 10.1. The molecule has 0 radical (unpaired) electrons. The molecule has 0 aliphatic rings. The lowest BCUT2D eigenvalue weighted by molar-refractivity contribution is -0.129. The molecule has 6 nitrogen and oxygen atoms in total. The van der Waals surface area contributed by atoms with E-state index in [-0.39, 0.29) is 17.6 Å². The lowest BCUT2D eigenvalue weighted by Gasteiger charge is -2.05. The van der Waals surface area contributed by atoms with Gasteiger partial charge in [-0.25, -0.2) is 9.87 Å². The molecule has 0 bridgehead atoms. The number of unbranched alkanes of at least 4 members (excludes halogenated alkanes) is 3. The van der Waals surface area contributed by atoms with E-state index >= 15 is 0 Å².